The maximum absolute atomic E-state index is 14.1. The molecule has 2 aliphatic heterocycles. The highest BCUT2D eigenvalue weighted by atomic mass is 32.1. The van der Waals surface area contributed by atoms with Gasteiger partial charge in [-0.1, -0.05) is 12.1 Å². The van der Waals surface area contributed by atoms with Crippen LogP contribution in [0.1, 0.15) is 35.1 Å². The number of para-hydroxylation sites is 1. The summed E-state index contributed by atoms with van der Waals surface area (Å²) in [5.74, 6) is -0.279. The standard InChI is InChI=1S/C19H21FN2OS/c1-13-8-9-18(24-13)16-7-4-11-21(16)17-10-12-22(19(17)23)15-6-3-2-5-14(15)20/h2-3,5-6,8-9,16-17H,4,7,10-12H2,1H3. The van der Waals surface area contributed by atoms with Gasteiger partial charge >= 0.3 is 0 Å². The van der Waals surface area contributed by atoms with E-state index in [0.717, 1.165) is 25.8 Å². The highest BCUT2D eigenvalue weighted by molar-refractivity contribution is 7.12. The lowest BCUT2D eigenvalue weighted by Crippen LogP contribution is -2.41. The lowest BCUT2D eigenvalue weighted by Gasteiger charge is -2.29. The monoisotopic (exact) mass is 344 g/mol. The molecule has 3 nitrogen and oxygen atoms in total. The molecular weight excluding hydrogens is 323 g/mol. The first kappa shape index (κ1) is 15.8. The van der Waals surface area contributed by atoms with E-state index in [0.29, 0.717) is 18.3 Å². The van der Waals surface area contributed by atoms with Crippen LogP contribution in [0.15, 0.2) is 36.4 Å². The predicted octanol–water partition coefficient (Wildman–Crippen LogP) is 4.14. The van der Waals surface area contributed by atoms with E-state index in [9.17, 15) is 9.18 Å². The molecule has 2 fully saturated rings. The van der Waals surface area contributed by atoms with E-state index in [4.69, 9.17) is 0 Å². The van der Waals surface area contributed by atoms with Gasteiger partial charge in [0.2, 0.25) is 5.91 Å². The van der Waals surface area contributed by atoms with Crippen LogP contribution in [0.5, 0.6) is 0 Å². The molecule has 1 aromatic carbocycles. The fourth-order valence-electron chi connectivity index (χ4n) is 3.98. The SMILES string of the molecule is Cc1ccc(C2CCCN2C2CCN(c3ccccc3F)C2=O)s1. The maximum Gasteiger partial charge on any atom is 0.244 e. The largest absolute Gasteiger partial charge is 0.308 e. The Morgan fingerprint density at radius 2 is 1.92 bits per heavy atom. The van der Waals surface area contributed by atoms with Crippen molar-refractivity contribution in [1.29, 1.82) is 0 Å². The van der Waals surface area contributed by atoms with Crippen molar-refractivity contribution in [3.8, 4) is 0 Å². The smallest absolute Gasteiger partial charge is 0.244 e. The van der Waals surface area contributed by atoms with Gasteiger partial charge in [-0.3, -0.25) is 9.69 Å². The molecule has 2 saturated heterocycles. The van der Waals surface area contributed by atoms with Gasteiger partial charge in [-0.2, -0.15) is 0 Å². The van der Waals surface area contributed by atoms with Gasteiger partial charge < -0.3 is 4.90 Å². The van der Waals surface area contributed by atoms with Crippen LogP contribution in [-0.2, 0) is 4.79 Å². The Kier molecular flexibility index (Phi) is 4.14. The summed E-state index contributed by atoms with van der Waals surface area (Å²) in [6.45, 7) is 3.66. The van der Waals surface area contributed by atoms with Crippen LogP contribution in [-0.4, -0.2) is 29.9 Å². The molecule has 2 aromatic rings. The molecule has 0 radical (unpaired) electrons. The summed E-state index contributed by atoms with van der Waals surface area (Å²) < 4.78 is 14.1. The van der Waals surface area contributed by atoms with Crippen LogP contribution in [0.3, 0.4) is 0 Å². The normalized spacial score (nSPS) is 24.9. The van der Waals surface area contributed by atoms with E-state index in [2.05, 4.69) is 24.0 Å². The van der Waals surface area contributed by atoms with E-state index in [1.807, 2.05) is 11.3 Å². The molecule has 0 spiro atoms. The molecule has 24 heavy (non-hydrogen) atoms. The number of likely N-dealkylation sites (tertiary alicyclic amines) is 1. The number of benzene rings is 1. The molecule has 0 N–H and O–H groups in total. The van der Waals surface area contributed by atoms with Crippen molar-refractivity contribution in [3.05, 3.63) is 52.0 Å². The van der Waals surface area contributed by atoms with Crippen LogP contribution in [0.2, 0.25) is 0 Å². The Bertz CT molecular complexity index is 759. The highest BCUT2D eigenvalue weighted by Crippen LogP contribution is 2.39. The lowest BCUT2D eigenvalue weighted by atomic mass is 10.1. The maximum atomic E-state index is 14.1. The molecule has 0 aliphatic carbocycles. The summed E-state index contributed by atoms with van der Waals surface area (Å²) >= 11 is 1.82. The molecule has 5 heteroatoms. The molecule has 126 valence electrons. The zero-order valence-electron chi connectivity index (χ0n) is 13.7. The summed E-state index contributed by atoms with van der Waals surface area (Å²) in [5.41, 5.74) is 0.410. The number of hydrogen-bond donors (Lipinski definition) is 0. The zero-order valence-corrected chi connectivity index (χ0v) is 14.6. The van der Waals surface area contributed by atoms with Gasteiger partial charge in [0, 0.05) is 22.3 Å². The number of thiophene rings is 1. The Hall–Kier alpha value is -1.72. The molecule has 1 aromatic heterocycles. The van der Waals surface area contributed by atoms with Crippen LogP contribution < -0.4 is 4.90 Å². The molecular formula is C19H21FN2OS. The summed E-state index contributed by atoms with van der Waals surface area (Å²) in [6.07, 6.45) is 2.99. The molecule has 0 saturated carbocycles. The van der Waals surface area contributed by atoms with Crippen LogP contribution >= 0.6 is 11.3 Å². The average Bonchev–Trinajstić information content (AvgIpc) is 3.27. The van der Waals surface area contributed by atoms with Crippen LogP contribution in [0.4, 0.5) is 10.1 Å². The molecule has 4 rings (SSSR count). The van der Waals surface area contributed by atoms with E-state index in [1.54, 1.807) is 23.1 Å². The number of carbonyl (C=O) groups is 1. The summed E-state index contributed by atoms with van der Waals surface area (Å²) in [7, 11) is 0. The van der Waals surface area contributed by atoms with Crippen LogP contribution in [0.25, 0.3) is 0 Å². The number of amides is 1. The molecule has 1 amide bonds. The number of halogens is 1. The Balaban J connectivity index is 1.57. The number of nitrogens with zero attached hydrogens (tertiary/aromatic N) is 2. The number of hydrogen-bond acceptors (Lipinski definition) is 3. The third-order valence-electron chi connectivity index (χ3n) is 5.10. The first-order chi connectivity index (χ1) is 11.6. The minimum absolute atomic E-state index is 0.0419. The molecule has 0 bridgehead atoms. The van der Waals surface area contributed by atoms with Gasteiger partial charge in [-0.05, 0) is 57.0 Å². The Labute approximate surface area is 145 Å². The van der Waals surface area contributed by atoms with Gasteiger partial charge in [0.15, 0.2) is 0 Å². The second kappa shape index (κ2) is 6.30. The van der Waals surface area contributed by atoms with E-state index >= 15 is 0 Å². The second-order valence-electron chi connectivity index (χ2n) is 6.59. The quantitative estimate of drug-likeness (QED) is 0.835. The predicted molar refractivity (Wildman–Crippen MR) is 94.9 cm³/mol. The number of rotatable bonds is 3. The summed E-state index contributed by atoms with van der Waals surface area (Å²) in [6, 6.07) is 11.1. The number of anilines is 1. The van der Waals surface area contributed by atoms with Crippen molar-refractivity contribution in [2.24, 2.45) is 0 Å². The Morgan fingerprint density at radius 3 is 2.67 bits per heavy atom. The van der Waals surface area contributed by atoms with Crippen molar-refractivity contribution >= 4 is 22.9 Å². The van der Waals surface area contributed by atoms with Gasteiger partial charge in [0.1, 0.15) is 5.82 Å². The lowest BCUT2D eigenvalue weighted by molar-refractivity contribution is -0.122. The van der Waals surface area contributed by atoms with E-state index < -0.39 is 0 Å². The van der Waals surface area contributed by atoms with Gasteiger partial charge in [0.05, 0.1) is 11.7 Å². The summed E-state index contributed by atoms with van der Waals surface area (Å²) in [5, 5.41) is 0. The Morgan fingerprint density at radius 1 is 1.08 bits per heavy atom. The van der Waals surface area contributed by atoms with Gasteiger partial charge in [-0.15, -0.1) is 11.3 Å². The first-order valence-corrected chi connectivity index (χ1v) is 9.35. The fraction of sp³-hybridized carbons (Fsp3) is 0.421. The van der Waals surface area contributed by atoms with E-state index in [-0.39, 0.29) is 17.8 Å². The van der Waals surface area contributed by atoms with Crippen molar-refractivity contribution in [2.45, 2.75) is 38.3 Å². The topological polar surface area (TPSA) is 23.6 Å². The molecule has 2 unspecified atom stereocenters. The second-order valence-corrected chi connectivity index (χ2v) is 7.91. The molecule has 3 heterocycles. The van der Waals surface area contributed by atoms with Crippen molar-refractivity contribution in [1.82, 2.24) is 4.90 Å². The third kappa shape index (κ3) is 2.66. The van der Waals surface area contributed by atoms with E-state index in [1.165, 1.54) is 15.8 Å². The number of carbonyl (C=O) groups excluding carboxylic acids is 1. The first-order valence-electron chi connectivity index (χ1n) is 8.53. The summed E-state index contributed by atoms with van der Waals surface area (Å²) in [4.78, 5) is 19.6. The van der Waals surface area contributed by atoms with Crippen molar-refractivity contribution < 1.29 is 9.18 Å². The highest BCUT2D eigenvalue weighted by Gasteiger charge is 2.42. The molecule has 2 atom stereocenters. The zero-order chi connectivity index (χ0) is 16.7. The van der Waals surface area contributed by atoms with Gasteiger partial charge in [-0.25, -0.2) is 4.39 Å². The third-order valence-corrected chi connectivity index (χ3v) is 6.21. The van der Waals surface area contributed by atoms with Crippen molar-refractivity contribution in [2.75, 3.05) is 18.0 Å². The molecule has 2 aliphatic rings. The number of aryl methyl sites for hydroxylation is 1. The minimum Gasteiger partial charge on any atom is -0.308 e. The van der Waals surface area contributed by atoms with Crippen LogP contribution in [0, 0.1) is 12.7 Å². The van der Waals surface area contributed by atoms with Crippen molar-refractivity contribution in [3.63, 3.8) is 0 Å². The van der Waals surface area contributed by atoms with Gasteiger partial charge in [0.25, 0.3) is 0 Å². The minimum atomic E-state index is -0.321. The fourth-order valence-corrected chi connectivity index (χ4v) is 5.02. The average molecular weight is 344 g/mol.